The first-order valence-electron chi connectivity index (χ1n) is 6.64. The van der Waals surface area contributed by atoms with Gasteiger partial charge in [-0.05, 0) is 38.5 Å². The van der Waals surface area contributed by atoms with Crippen molar-refractivity contribution < 1.29 is 12.8 Å². The number of benzene rings is 1. The molecule has 0 aliphatic rings. The largest absolute Gasteiger partial charge is 0.320 e. The molecule has 0 radical (unpaired) electrons. The van der Waals surface area contributed by atoms with Crippen LogP contribution in [0.25, 0.3) is 0 Å². The lowest BCUT2D eigenvalue weighted by Gasteiger charge is -2.33. The minimum Gasteiger partial charge on any atom is -0.320 e. The van der Waals surface area contributed by atoms with Crippen LogP contribution in [0.2, 0.25) is 0 Å². The number of nitrogens with zero attached hydrogens (tertiary/aromatic N) is 1. The highest BCUT2D eigenvalue weighted by Gasteiger charge is 2.34. The van der Waals surface area contributed by atoms with Crippen molar-refractivity contribution in [2.24, 2.45) is 5.73 Å². The van der Waals surface area contributed by atoms with E-state index in [9.17, 15) is 12.8 Å². The normalized spacial score (nSPS) is 12.1. The fourth-order valence-electron chi connectivity index (χ4n) is 1.64. The lowest BCUT2D eigenvalue weighted by Crippen LogP contribution is -2.44. The summed E-state index contributed by atoms with van der Waals surface area (Å²) in [7, 11) is -2.43. The van der Waals surface area contributed by atoms with Gasteiger partial charge in [0, 0.05) is 18.2 Å². The van der Waals surface area contributed by atoms with Gasteiger partial charge in [0.05, 0.1) is 6.54 Å². The van der Waals surface area contributed by atoms with Gasteiger partial charge in [-0.3, -0.25) is 0 Å². The summed E-state index contributed by atoms with van der Waals surface area (Å²) in [5, 5.41) is 0. The summed E-state index contributed by atoms with van der Waals surface area (Å²) in [5.41, 5.74) is 5.05. The van der Waals surface area contributed by atoms with Crippen molar-refractivity contribution >= 4 is 10.0 Å². The van der Waals surface area contributed by atoms with Gasteiger partial charge in [0.15, 0.2) is 0 Å². The number of hydrogen-bond acceptors (Lipinski definition) is 3. The highest BCUT2D eigenvalue weighted by Crippen LogP contribution is 2.27. The van der Waals surface area contributed by atoms with Crippen molar-refractivity contribution in [3.63, 3.8) is 0 Å². The minimum absolute atomic E-state index is 0.162. The number of rotatable bonds is 4. The second-order valence-corrected chi connectivity index (χ2v) is 7.23. The molecule has 116 valence electrons. The maximum absolute atomic E-state index is 14.1. The van der Waals surface area contributed by atoms with E-state index in [1.54, 1.807) is 13.8 Å². The molecule has 0 aliphatic heterocycles. The Balaban J connectivity index is 3.27. The van der Waals surface area contributed by atoms with E-state index in [2.05, 4.69) is 11.8 Å². The van der Waals surface area contributed by atoms with E-state index in [1.165, 1.54) is 23.5 Å². The number of halogens is 1. The molecule has 0 amide bonds. The standard InChI is InChI=1S/C15H21FN2O2S/c1-5-15(2,3)18(4)21(19,20)14-9-8-12(7-6-10-17)11-13(14)16/h8-9,11H,5,10,17H2,1-4H3. The molecule has 0 aromatic heterocycles. The van der Waals surface area contributed by atoms with Gasteiger partial charge in [-0.2, -0.15) is 4.31 Å². The molecule has 0 atom stereocenters. The smallest absolute Gasteiger partial charge is 0.246 e. The topological polar surface area (TPSA) is 63.4 Å². The molecule has 0 heterocycles. The Morgan fingerprint density at radius 2 is 2.00 bits per heavy atom. The van der Waals surface area contributed by atoms with E-state index in [0.29, 0.717) is 12.0 Å². The van der Waals surface area contributed by atoms with Crippen LogP contribution in [0.4, 0.5) is 4.39 Å². The van der Waals surface area contributed by atoms with Crippen LogP contribution in [0.5, 0.6) is 0 Å². The number of sulfonamides is 1. The quantitative estimate of drug-likeness (QED) is 0.864. The number of nitrogens with two attached hydrogens (primary N) is 1. The molecule has 1 aromatic carbocycles. The fourth-order valence-corrected chi connectivity index (χ4v) is 3.26. The van der Waals surface area contributed by atoms with Crippen molar-refractivity contribution in [3.05, 3.63) is 29.6 Å². The molecule has 0 spiro atoms. The summed E-state index contributed by atoms with van der Waals surface area (Å²) < 4.78 is 40.3. The van der Waals surface area contributed by atoms with Crippen LogP contribution in [0.15, 0.2) is 23.1 Å². The molecular formula is C15H21FN2O2S. The van der Waals surface area contributed by atoms with E-state index in [-0.39, 0.29) is 11.4 Å². The van der Waals surface area contributed by atoms with Crippen molar-refractivity contribution in [1.29, 1.82) is 0 Å². The predicted octanol–water partition coefficient (Wildman–Crippen LogP) is 1.94. The average molecular weight is 312 g/mol. The van der Waals surface area contributed by atoms with E-state index in [4.69, 9.17) is 5.73 Å². The Bertz CT molecular complexity index is 673. The SMILES string of the molecule is CCC(C)(C)N(C)S(=O)(=O)c1ccc(C#CCN)cc1F. The van der Waals surface area contributed by atoms with Crippen molar-refractivity contribution in [3.8, 4) is 11.8 Å². The zero-order chi connectivity index (χ0) is 16.3. The zero-order valence-corrected chi connectivity index (χ0v) is 13.6. The van der Waals surface area contributed by atoms with Gasteiger partial charge in [0.1, 0.15) is 10.7 Å². The van der Waals surface area contributed by atoms with Crippen LogP contribution < -0.4 is 5.73 Å². The molecule has 21 heavy (non-hydrogen) atoms. The van der Waals surface area contributed by atoms with Crippen molar-refractivity contribution in [2.45, 2.75) is 37.6 Å². The minimum atomic E-state index is -3.89. The Labute approximate surface area is 126 Å². The van der Waals surface area contributed by atoms with Gasteiger partial charge < -0.3 is 5.73 Å². The van der Waals surface area contributed by atoms with Gasteiger partial charge in [-0.15, -0.1) is 0 Å². The van der Waals surface area contributed by atoms with E-state index < -0.39 is 21.4 Å². The Morgan fingerprint density at radius 3 is 2.48 bits per heavy atom. The first-order valence-corrected chi connectivity index (χ1v) is 8.08. The van der Waals surface area contributed by atoms with Crippen LogP contribution in [0.3, 0.4) is 0 Å². The first kappa shape index (κ1) is 17.6. The summed E-state index contributed by atoms with van der Waals surface area (Å²) in [6, 6.07) is 3.83. The van der Waals surface area contributed by atoms with Crippen LogP contribution >= 0.6 is 0 Å². The maximum atomic E-state index is 14.1. The lowest BCUT2D eigenvalue weighted by molar-refractivity contribution is 0.256. The molecule has 1 rings (SSSR count). The molecule has 4 nitrogen and oxygen atoms in total. The third-order valence-electron chi connectivity index (χ3n) is 3.62. The maximum Gasteiger partial charge on any atom is 0.246 e. The lowest BCUT2D eigenvalue weighted by atomic mass is 10.0. The molecule has 0 fully saturated rings. The predicted molar refractivity (Wildman–Crippen MR) is 81.7 cm³/mol. The molecule has 0 bridgehead atoms. The van der Waals surface area contributed by atoms with Crippen LogP contribution in [-0.2, 0) is 10.0 Å². The first-order chi connectivity index (χ1) is 9.66. The van der Waals surface area contributed by atoms with Crippen LogP contribution in [0.1, 0.15) is 32.8 Å². The summed E-state index contributed by atoms with van der Waals surface area (Å²) in [4.78, 5) is -0.343. The van der Waals surface area contributed by atoms with Gasteiger partial charge in [-0.25, -0.2) is 12.8 Å². The highest BCUT2D eigenvalue weighted by atomic mass is 32.2. The Morgan fingerprint density at radius 1 is 1.38 bits per heavy atom. The van der Waals surface area contributed by atoms with Gasteiger partial charge in [-0.1, -0.05) is 18.8 Å². The van der Waals surface area contributed by atoms with Crippen LogP contribution in [-0.4, -0.2) is 31.9 Å². The molecule has 2 N–H and O–H groups in total. The van der Waals surface area contributed by atoms with Gasteiger partial charge in [0.2, 0.25) is 10.0 Å². The molecular weight excluding hydrogens is 291 g/mol. The third kappa shape index (κ3) is 3.82. The molecule has 0 aliphatic carbocycles. The summed E-state index contributed by atoms with van der Waals surface area (Å²) >= 11 is 0. The fraction of sp³-hybridized carbons (Fsp3) is 0.467. The monoisotopic (exact) mass is 312 g/mol. The summed E-state index contributed by atoms with van der Waals surface area (Å²) in [6.45, 7) is 5.63. The van der Waals surface area contributed by atoms with Crippen LogP contribution in [0, 0.1) is 17.7 Å². The van der Waals surface area contributed by atoms with E-state index >= 15 is 0 Å². The molecule has 0 saturated carbocycles. The molecule has 1 aromatic rings. The van der Waals surface area contributed by atoms with E-state index in [0.717, 1.165) is 6.07 Å². The number of hydrogen-bond donors (Lipinski definition) is 1. The Hall–Kier alpha value is -1.42. The molecule has 6 heteroatoms. The highest BCUT2D eigenvalue weighted by molar-refractivity contribution is 7.89. The summed E-state index contributed by atoms with van der Waals surface area (Å²) in [5.74, 6) is 4.46. The second kappa shape index (κ2) is 6.56. The van der Waals surface area contributed by atoms with Gasteiger partial charge in [0.25, 0.3) is 0 Å². The molecule has 0 saturated heterocycles. The summed E-state index contributed by atoms with van der Waals surface area (Å²) in [6.07, 6.45) is 0.615. The average Bonchev–Trinajstić information content (AvgIpc) is 2.43. The van der Waals surface area contributed by atoms with Gasteiger partial charge >= 0.3 is 0 Å². The Kier molecular flexibility index (Phi) is 5.51. The second-order valence-electron chi connectivity index (χ2n) is 5.29. The zero-order valence-electron chi connectivity index (χ0n) is 12.8. The van der Waals surface area contributed by atoms with Crippen molar-refractivity contribution in [1.82, 2.24) is 4.31 Å². The van der Waals surface area contributed by atoms with E-state index in [1.807, 2.05) is 6.92 Å². The third-order valence-corrected chi connectivity index (χ3v) is 5.73. The van der Waals surface area contributed by atoms with Crippen molar-refractivity contribution in [2.75, 3.05) is 13.6 Å². The molecule has 0 unspecified atom stereocenters.